The average Bonchev–Trinajstić information content (AvgIpc) is 3.01. The van der Waals surface area contributed by atoms with E-state index in [1.165, 1.54) is 10.8 Å². The Hall–Kier alpha value is -2.86. The van der Waals surface area contributed by atoms with Crippen LogP contribution in [0.1, 0.15) is 11.3 Å². The zero-order valence-electron chi connectivity index (χ0n) is 14.1. The maximum atomic E-state index is 13.9. The minimum Gasteiger partial charge on any atom is -0.369 e. The number of nitrogens with two attached hydrogens (primary N) is 2. The third-order valence-electron chi connectivity index (χ3n) is 3.68. The number of fused-ring (bicyclic) bond motifs is 1. The number of hydrogen-bond donors (Lipinski definition) is 3. The van der Waals surface area contributed by atoms with Gasteiger partial charge >= 0.3 is 0 Å². The molecular formula is C16H13F5N6S. The highest BCUT2D eigenvalue weighted by Gasteiger charge is 2.27. The fourth-order valence-electron chi connectivity index (χ4n) is 2.39. The molecule has 28 heavy (non-hydrogen) atoms. The minimum atomic E-state index is -2.21. The SMILES string of the molecule is C=C1NC(N)=Nc2c1nc(SCc1c(F)c(F)c(F)c(F)c1F)n2C=CCN. The predicted molar refractivity (Wildman–Crippen MR) is 95.9 cm³/mol. The lowest BCUT2D eigenvalue weighted by Crippen LogP contribution is -2.32. The number of aliphatic imine (C=N–C) groups is 1. The van der Waals surface area contributed by atoms with Gasteiger partial charge in [-0.3, -0.25) is 4.57 Å². The second-order valence-electron chi connectivity index (χ2n) is 5.49. The number of guanidine groups is 1. The molecule has 2 aromatic rings. The molecule has 1 aromatic carbocycles. The summed E-state index contributed by atoms with van der Waals surface area (Å²) in [7, 11) is 0. The number of thioether (sulfide) groups is 1. The Kier molecular flexibility index (Phi) is 5.42. The van der Waals surface area contributed by atoms with E-state index in [2.05, 4.69) is 21.9 Å². The smallest absolute Gasteiger partial charge is 0.200 e. The predicted octanol–water partition coefficient (Wildman–Crippen LogP) is 2.82. The fourth-order valence-corrected chi connectivity index (χ4v) is 3.35. The van der Waals surface area contributed by atoms with E-state index >= 15 is 0 Å². The van der Waals surface area contributed by atoms with E-state index in [4.69, 9.17) is 11.5 Å². The quantitative estimate of drug-likeness (QED) is 0.302. The van der Waals surface area contributed by atoms with Gasteiger partial charge < -0.3 is 16.8 Å². The number of halogens is 5. The molecule has 0 bridgehead atoms. The number of aromatic nitrogens is 2. The summed E-state index contributed by atoms with van der Waals surface area (Å²) in [5, 5.41) is 2.85. The number of nitrogens with zero attached hydrogens (tertiary/aromatic N) is 3. The van der Waals surface area contributed by atoms with Crippen molar-refractivity contribution in [1.82, 2.24) is 14.9 Å². The van der Waals surface area contributed by atoms with E-state index < -0.39 is 40.4 Å². The van der Waals surface area contributed by atoms with Crippen LogP contribution in [0.3, 0.4) is 0 Å². The van der Waals surface area contributed by atoms with E-state index in [1.54, 1.807) is 6.08 Å². The topological polar surface area (TPSA) is 94.2 Å². The van der Waals surface area contributed by atoms with Crippen LogP contribution in [0.4, 0.5) is 27.8 Å². The molecular weight excluding hydrogens is 403 g/mol. The molecule has 0 saturated carbocycles. The Bertz CT molecular complexity index is 1000. The first-order valence-electron chi connectivity index (χ1n) is 7.68. The van der Waals surface area contributed by atoms with E-state index in [0.29, 0.717) is 11.4 Å². The van der Waals surface area contributed by atoms with Crippen LogP contribution in [0.15, 0.2) is 22.8 Å². The van der Waals surface area contributed by atoms with Crippen molar-refractivity contribution >= 4 is 35.4 Å². The van der Waals surface area contributed by atoms with Gasteiger partial charge in [-0.15, -0.1) is 0 Å². The minimum absolute atomic E-state index is 0.0520. The Morgan fingerprint density at radius 1 is 1.07 bits per heavy atom. The molecule has 2 heterocycles. The Balaban J connectivity index is 2.02. The summed E-state index contributed by atoms with van der Waals surface area (Å²) in [4.78, 5) is 8.36. The molecule has 3 rings (SSSR count). The standard InChI is InChI=1S/C16H13F5N6S/c1-6-13-14(26-15(23)24-6)27(4-2-3-22)16(25-13)28-5-7-8(17)10(19)12(21)11(20)9(7)18/h2,4H,1,3,5,22H2,(H3,23,24,26). The van der Waals surface area contributed by atoms with Gasteiger partial charge in [0.1, 0.15) is 5.69 Å². The summed E-state index contributed by atoms with van der Waals surface area (Å²) in [5.74, 6) is -10.2. The molecule has 1 aromatic heterocycles. The molecule has 0 amide bonds. The zero-order valence-corrected chi connectivity index (χ0v) is 14.9. The maximum absolute atomic E-state index is 13.9. The van der Waals surface area contributed by atoms with Crippen molar-refractivity contribution in [2.24, 2.45) is 16.5 Å². The number of benzene rings is 1. The first-order chi connectivity index (χ1) is 13.3. The second-order valence-corrected chi connectivity index (χ2v) is 6.44. The van der Waals surface area contributed by atoms with E-state index in [1.807, 2.05) is 0 Å². The van der Waals surface area contributed by atoms with Gasteiger partial charge in [-0.2, -0.15) is 4.99 Å². The second kappa shape index (κ2) is 7.64. The van der Waals surface area contributed by atoms with Crippen molar-refractivity contribution in [2.75, 3.05) is 6.54 Å². The van der Waals surface area contributed by atoms with Gasteiger partial charge in [-0.25, -0.2) is 26.9 Å². The van der Waals surface area contributed by atoms with Gasteiger partial charge in [0.2, 0.25) is 5.82 Å². The Labute approximate surface area is 159 Å². The highest BCUT2D eigenvalue weighted by molar-refractivity contribution is 7.98. The largest absolute Gasteiger partial charge is 0.369 e. The normalized spacial score (nSPS) is 13.6. The lowest BCUT2D eigenvalue weighted by molar-refractivity contribution is 0.372. The average molecular weight is 416 g/mol. The summed E-state index contributed by atoms with van der Waals surface area (Å²) in [6, 6.07) is 0. The lowest BCUT2D eigenvalue weighted by Gasteiger charge is -2.13. The molecule has 12 heteroatoms. The zero-order chi connectivity index (χ0) is 20.6. The maximum Gasteiger partial charge on any atom is 0.200 e. The molecule has 0 fully saturated rings. The van der Waals surface area contributed by atoms with Gasteiger partial charge in [-0.1, -0.05) is 24.4 Å². The van der Waals surface area contributed by atoms with Crippen molar-refractivity contribution in [3.05, 3.63) is 53.0 Å². The number of hydrogen-bond acceptors (Lipinski definition) is 6. The molecule has 0 spiro atoms. The van der Waals surface area contributed by atoms with Crippen LogP contribution in [0, 0.1) is 29.1 Å². The van der Waals surface area contributed by atoms with E-state index in [-0.39, 0.29) is 23.5 Å². The van der Waals surface area contributed by atoms with Crippen LogP contribution < -0.4 is 16.8 Å². The summed E-state index contributed by atoms with van der Waals surface area (Å²) in [5.41, 5.74) is 10.8. The first-order valence-corrected chi connectivity index (χ1v) is 8.67. The number of rotatable bonds is 5. The summed E-state index contributed by atoms with van der Waals surface area (Å²) in [6.45, 7) is 3.93. The van der Waals surface area contributed by atoms with Crippen molar-refractivity contribution in [1.29, 1.82) is 0 Å². The Morgan fingerprint density at radius 2 is 1.68 bits per heavy atom. The van der Waals surface area contributed by atoms with Crippen LogP contribution in [0.5, 0.6) is 0 Å². The van der Waals surface area contributed by atoms with Crippen LogP contribution in [0.25, 0.3) is 11.9 Å². The van der Waals surface area contributed by atoms with Crippen LogP contribution >= 0.6 is 11.8 Å². The third kappa shape index (κ3) is 3.36. The van der Waals surface area contributed by atoms with Crippen molar-refractivity contribution in [3.63, 3.8) is 0 Å². The third-order valence-corrected chi connectivity index (χ3v) is 4.66. The molecule has 5 N–H and O–H groups in total. The summed E-state index contributed by atoms with van der Waals surface area (Å²) < 4.78 is 69.2. The van der Waals surface area contributed by atoms with E-state index in [9.17, 15) is 22.0 Å². The van der Waals surface area contributed by atoms with Gasteiger partial charge in [0.25, 0.3) is 0 Å². The van der Waals surface area contributed by atoms with Gasteiger partial charge in [0.15, 0.2) is 40.2 Å². The van der Waals surface area contributed by atoms with Crippen molar-refractivity contribution < 1.29 is 22.0 Å². The lowest BCUT2D eigenvalue weighted by atomic mass is 10.2. The molecule has 0 atom stereocenters. The van der Waals surface area contributed by atoms with Gasteiger partial charge in [0.05, 0.1) is 5.70 Å². The van der Waals surface area contributed by atoms with E-state index in [0.717, 1.165) is 11.8 Å². The molecule has 1 aliphatic heterocycles. The van der Waals surface area contributed by atoms with Gasteiger partial charge in [-0.05, 0) is 0 Å². The molecule has 1 aliphatic rings. The summed E-state index contributed by atoms with van der Waals surface area (Å²) >= 11 is 0.744. The van der Waals surface area contributed by atoms with Crippen LogP contribution in [0.2, 0.25) is 0 Å². The highest BCUT2D eigenvalue weighted by atomic mass is 32.2. The molecule has 6 nitrogen and oxygen atoms in total. The summed E-state index contributed by atoms with van der Waals surface area (Å²) in [6.07, 6.45) is 3.06. The molecule has 148 valence electrons. The molecule has 0 radical (unpaired) electrons. The van der Waals surface area contributed by atoms with Crippen molar-refractivity contribution in [2.45, 2.75) is 10.9 Å². The molecule has 0 aliphatic carbocycles. The molecule has 0 unspecified atom stereocenters. The van der Waals surface area contributed by atoms with Gasteiger partial charge in [0, 0.05) is 24.1 Å². The Morgan fingerprint density at radius 3 is 2.29 bits per heavy atom. The number of imidazole rings is 1. The molecule has 0 saturated heterocycles. The fraction of sp³-hybridized carbons (Fsp3) is 0.125. The first kappa shape index (κ1) is 19.9. The van der Waals surface area contributed by atoms with Crippen LogP contribution in [-0.2, 0) is 5.75 Å². The monoisotopic (exact) mass is 416 g/mol. The number of nitrogens with one attached hydrogen (secondary N) is 1. The van der Waals surface area contributed by atoms with Crippen LogP contribution in [-0.4, -0.2) is 22.1 Å². The highest BCUT2D eigenvalue weighted by Crippen LogP contribution is 2.35. The van der Waals surface area contributed by atoms with Crippen molar-refractivity contribution in [3.8, 4) is 0 Å².